The molecule has 120 valence electrons. The van der Waals surface area contributed by atoms with E-state index < -0.39 is 0 Å². The maximum Gasteiger partial charge on any atom is 0.142 e. The van der Waals surface area contributed by atoms with Crippen molar-refractivity contribution in [3.8, 4) is 5.75 Å². The third kappa shape index (κ3) is 3.19. The van der Waals surface area contributed by atoms with Gasteiger partial charge in [-0.05, 0) is 40.9 Å². The Morgan fingerprint density at radius 3 is 2.65 bits per heavy atom. The first-order valence-corrected chi connectivity index (χ1v) is 8.63. The molecule has 1 heterocycles. The summed E-state index contributed by atoms with van der Waals surface area (Å²) in [6.07, 6.45) is 0.926. The normalized spacial score (nSPS) is 12.3. The number of methoxy groups -OCH3 is 1. The minimum Gasteiger partial charge on any atom is -0.495 e. The van der Waals surface area contributed by atoms with Gasteiger partial charge in [-0.1, -0.05) is 30.3 Å². The van der Waals surface area contributed by atoms with Crippen LogP contribution in [-0.2, 0) is 6.42 Å². The molecule has 0 aliphatic rings. The first kappa shape index (κ1) is 15.8. The summed E-state index contributed by atoms with van der Waals surface area (Å²) in [5, 5.41) is 3.59. The van der Waals surface area contributed by atoms with Crippen LogP contribution in [0.1, 0.15) is 5.56 Å². The molecule has 0 aliphatic carbocycles. The Kier molecular flexibility index (Phi) is 4.84. The molecule has 0 bridgehead atoms. The fourth-order valence-electron chi connectivity index (χ4n) is 2.94. The van der Waals surface area contributed by atoms with Crippen LogP contribution in [0.25, 0.3) is 10.1 Å². The van der Waals surface area contributed by atoms with E-state index in [0.717, 1.165) is 17.9 Å². The number of nitrogens with zero attached hydrogens (tertiary/aromatic N) is 1. The maximum atomic E-state index is 6.08. The molecule has 23 heavy (non-hydrogen) atoms. The molecule has 3 aromatic rings. The van der Waals surface area contributed by atoms with E-state index >= 15 is 0 Å². The van der Waals surface area contributed by atoms with Crippen LogP contribution in [-0.4, -0.2) is 26.7 Å². The lowest BCUT2D eigenvalue weighted by atomic mass is 10.0. The van der Waals surface area contributed by atoms with Gasteiger partial charge in [0.05, 0.1) is 12.8 Å². The van der Waals surface area contributed by atoms with E-state index in [0.29, 0.717) is 6.54 Å². The molecule has 0 amide bonds. The van der Waals surface area contributed by atoms with Crippen LogP contribution >= 0.6 is 11.3 Å². The van der Waals surface area contributed by atoms with Crippen LogP contribution in [0.5, 0.6) is 5.75 Å². The van der Waals surface area contributed by atoms with Crippen molar-refractivity contribution < 1.29 is 4.74 Å². The largest absolute Gasteiger partial charge is 0.495 e. The maximum absolute atomic E-state index is 6.08. The lowest BCUT2D eigenvalue weighted by molar-refractivity contribution is 0.413. The standard InChI is InChI=1S/C19H22N2OS/c1-21(17-8-4-5-9-18(17)22-2)15(12-20)11-14-13-23-19-10-6-3-7-16(14)19/h3-10,13,15H,11-12,20H2,1-2H3. The summed E-state index contributed by atoms with van der Waals surface area (Å²) in [5.41, 5.74) is 8.52. The van der Waals surface area contributed by atoms with Crippen molar-refractivity contribution in [3.05, 3.63) is 59.5 Å². The van der Waals surface area contributed by atoms with Crippen LogP contribution in [0.15, 0.2) is 53.9 Å². The second kappa shape index (κ2) is 7.02. The van der Waals surface area contributed by atoms with Crippen molar-refractivity contribution in [3.63, 3.8) is 0 Å². The monoisotopic (exact) mass is 326 g/mol. The third-order valence-corrected chi connectivity index (χ3v) is 5.31. The van der Waals surface area contributed by atoms with Crippen molar-refractivity contribution in [1.82, 2.24) is 0 Å². The highest BCUT2D eigenvalue weighted by atomic mass is 32.1. The van der Waals surface area contributed by atoms with Crippen LogP contribution < -0.4 is 15.4 Å². The molecule has 2 aromatic carbocycles. The Labute approximate surface area is 141 Å². The summed E-state index contributed by atoms with van der Waals surface area (Å²) in [4.78, 5) is 2.23. The predicted octanol–water partition coefficient (Wildman–Crippen LogP) is 3.92. The van der Waals surface area contributed by atoms with Gasteiger partial charge in [0.15, 0.2) is 0 Å². The minimum absolute atomic E-state index is 0.226. The summed E-state index contributed by atoms with van der Waals surface area (Å²) < 4.78 is 6.82. The number of hydrogen-bond acceptors (Lipinski definition) is 4. The lowest BCUT2D eigenvalue weighted by Gasteiger charge is -2.30. The number of para-hydroxylation sites is 2. The van der Waals surface area contributed by atoms with Gasteiger partial charge in [0.25, 0.3) is 0 Å². The smallest absolute Gasteiger partial charge is 0.142 e. The van der Waals surface area contributed by atoms with Crippen molar-refractivity contribution >= 4 is 27.1 Å². The first-order valence-electron chi connectivity index (χ1n) is 7.75. The van der Waals surface area contributed by atoms with Gasteiger partial charge in [-0.2, -0.15) is 0 Å². The molecule has 1 unspecified atom stereocenters. The van der Waals surface area contributed by atoms with E-state index in [1.807, 2.05) is 18.2 Å². The zero-order valence-corrected chi connectivity index (χ0v) is 14.3. The molecule has 1 aromatic heterocycles. The minimum atomic E-state index is 0.226. The second-order valence-corrected chi connectivity index (χ2v) is 6.54. The Hall–Kier alpha value is -2.04. The summed E-state index contributed by atoms with van der Waals surface area (Å²) in [6, 6.07) is 16.9. The molecule has 0 saturated heterocycles. The van der Waals surface area contributed by atoms with E-state index in [1.165, 1.54) is 15.6 Å². The van der Waals surface area contributed by atoms with Crippen molar-refractivity contribution in [1.29, 1.82) is 0 Å². The number of thiophene rings is 1. The molecule has 2 N–H and O–H groups in total. The van der Waals surface area contributed by atoms with E-state index in [-0.39, 0.29) is 6.04 Å². The number of likely N-dealkylation sites (N-methyl/N-ethyl adjacent to an activating group) is 1. The Morgan fingerprint density at radius 2 is 1.87 bits per heavy atom. The molecule has 0 radical (unpaired) electrons. The predicted molar refractivity (Wildman–Crippen MR) is 99.8 cm³/mol. The quantitative estimate of drug-likeness (QED) is 0.746. The average molecular weight is 326 g/mol. The molecule has 0 spiro atoms. The van der Waals surface area contributed by atoms with Gasteiger partial charge in [-0.3, -0.25) is 0 Å². The molecule has 3 rings (SSSR count). The zero-order chi connectivity index (χ0) is 16.2. The highest BCUT2D eigenvalue weighted by Crippen LogP contribution is 2.31. The van der Waals surface area contributed by atoms with E-state index in [1.54, 1.807) is 18.4 Å². The van der Waals surface area contributed by atoms with Gasteiger partial charge < -0.3 is 15.4 Å². The van der Waals surface area contributed by atoms with Gasteiger partial charge in [0, 0.05) is 24.3 Å². The third-order valence-electron chi connectivity index (χ3n) is 4.30. The number of rotatable bonds is 6. The Balaban J connectivity index is 1.87. The van der Waals surface area contributed by atoms with Gasteiger partial charge >= 0.3 is 0 Å². The van der Waals surface area contributed by atoms with E-state index in [9.17, 15) is 0 Å². The van der Waals surface area contributed by atoms with Crippen molar-refractivity contribution in [2.24, 2.45) is 5.73 Å². The fraction of sp³-hybridized carbons (Fsp3) is 0.263. The van der Waals surface area contributed by atoms with Crippen LogP contribution in [0, 0.1) is 0 Å². The van der Waals surface area contributed by atoms with Crippen LogP contribution in [0.4, 0.5) is 5.69 Å². The van der Waals surface area contributed by atoms with Crippen molar-refractivity contribution in [2.75, 3.05) is 25.6 Å². The SMILES string of the molecule is COc1ccccc1N(C)C(CN)Cc1csc2ccccc12. The zero-order valence-electron chi connectivity index (χ0n) is 13.5. The second-order valence-electron chi connectivity index (χ2n) is 5.63. The van der Waals surface area contributed by atoms with Crippen LogP contribution in [0.3, 0.4) is 0 Å². The molecular formula is C19H22N2OS. The first-order chi connectivity index (χ1) is 11.2. The lowest BCUT2D eigenvalue weighted by Crippen LogP contribution is -2.39. The number of nitrogens with two attached hydrogens (primary N) is 1. The molecule has 3 nitrogen and oxygen atoms in total. The number of hydrogen-bond donors (Lipinski definition) is 1. The molecule has 4 heteroatoms. The highest BCUT2D eigenvalue weighted by Gasteiger charge is 2.18. The van der Waals surface area contributed by atoms with Crippen molar-refractivity contribution in [2.45, 2.75) is 12.5 Å². The Bertz CT molecular complexity index is 784. The van der Waals surface area contributed by atoms with Gasteiger partial charge in [-0.15, -0.1) is 11.3 Å². The molecular weight excluding hydrogens is 304 g/mol. The molecule has 0 fully saturated rings. The molecule has 1 atom stereocenters. The van der Waals surface area contributed by atoms with Gasteiger partial charge in [0.1, 0.15) is 5.75 Å². The summed E-state index contributed by atoms with van der Waals surface area (Å²) in [5.74, 6) is 0.878. The molecule has 0 saturated carbocycles. The number of anilines is 1. The van der Waals surface area contributed by atoms with Crippen LogP contribution in [0.2, 0.25) is 0 Å². The number of benzene rings is 2. The summed E-state index contributed by atoms with van der Waals surface area (Å²) in [7, 11) is 3.79. The number of ether oxygens (including phenoxy) is 1. The summed E-state index contributed by atoms with van der Waals surface area (Å²) in [6.45, 7) is 0.596. The fourth-order valence-corrected chi connectivity index (χ4v) is 3.92. The highest BCUT2D eigenvalue weighted by molar-refractivity contribution is 7.17. The topological polar surface area (TPSA) is 38.5 Å². The average Bonchev–Trinajstić information content (AvgIpc) is 3.02. The van der Waals surface area contributed by atoms with Gasteiger partial charge in [0.2, 0.25) is 0 Å². The molecule has 0 aliphatic heterocycles. The van der Waals surface area contributed by atoms with E-state index in [4.69, 9.17) is 10.5 Å². The summed E-state index contributed by atoms with van der Waals surface area (Å²) >= 11 is 1.80. The number of fused-ring (bicyclic) bond motifs is 1. The van der Waals surface area contributed by atoms with E-state index in [2.05, 4.69) is 47.7 Å². The Morgan fingerprint density at radius 1 is 1.13 bits per heavy atom. The van der Waals surface area contributed by atoms with Gasteiger partial charge in [-0.25, -0.2) is 0 Å².